The predicted molar refractivity (Wildman–Crippen MR) is 61.8 cm³/mol. The van der Waals surface area contributed by atoms with E-state index in [4.69, 9.17) is 0 Å². The third-order valence-electron chi connectivity index (χ3n) is 3.16. The number of likely N-dealkylation sites (tertiary alicyclic amines) is 1. The molecule has 0 bridgehead atoms. The van der Waals surface area contributed by atoms with Gasteiger partial charge in [0.2, 0.25) is 5.91 Å². The molecule has 88 valence electrons. The largest absolute Gasteiger partial charge is 0.347 e. The first-order valence-electron chi connectivity index (χ1n) is 5.69. The highest BCUT2D eigenvalue weighted by atomic mass is 16.2. The van der Waals surface area contributed by atoms with Crippen LogP contribution in [0.15, 0.2) is 0 Å². The van der Waals surface area contributed by atoms with E-state index in [9.17, 15) is 4.79 Å². The van der Waals surface area contributed by atoms with Crippen molar-refractivity contribution in [2.24, 2.45) is 0 Å². The highest BCUT2D eigenvalue weighted by Crippen LogP contribution is 2.20. The minimum Gasteiger partial charge on any atom is -0.347 e. The summed E-state index contributed by atoms with van der Waals surface area (Å²) in [6.45, 7) is 4.04. The maximum atomic E-state index is 11.8. The molecule has 15 heavy (non-hydrogen) atoms. The topological polar surface area (TPSA) is 35.6 Å². The third-order valence-corrected chi connectivity index (χ3v) is 3.16. The van der Waals surface area contributed by atoms with E-state index in [0.717, 1.165) is 13.1 Å². The number of hydrogen-bond acceptors (Lipinski definition) is 3. The summed E-state index contributed by atoms with van der Waals surface area (Å²) in [6.07, 6.45) is 2.41. The lowest BCUT2D eigenvalue weighted by atomic mass is 10.2. The Labute approximate surface area is 92.6 Å². The number of rotatable bonds is 4. The SMILES string of the molecule is CNCC1CCCN1C(C)C(=O)N(C)C. The van der Waals surface area contributed by atoms with Gasteiger partial charge in [0.1, 0.15) is 0 Å². The van der Waals surface area contributed by atoms with Crippen LogP contribution < -0.4 is 5.32 Å². The van der Waals surface area contributed by atoms with Gasteiger partial charge >= 0.3 is 0 Å². The van der Waals surface area contributed by atoms with Crippen LogP contribution in [0.25, 0.3) is 0 Å². The Balaban J connectivity index is 2.57. The van der Waals surface area contributed by atoms with Crippen molar-refractivity contribution in [1.82, 2.24) is 15.1 Å². The van der Waals surface area contributed by atoms with E-state index in [0.29, 0.717) is 6.04 Å². The zero-order chi connectivity index (χ0) is 11.4. The summed E-state index contributed by atoms with van der Waals surface area (Å²) in [4.78, 5) is 15.8. The fraction of sp³-hybridized carbons (Fsp3) is 0.909. The lowest BCUT2D eigenvalue weighted by Gasteiger charge is -2.31. The second-order valence-corrected chi connectivity index (χ2v) is 4.50. The Morgan fingerprint density at radius 2 is 2.27 bits per heavy atom. The van der Waals surface area contributed by atoms with E-state index < -0.39 is 0 Å². The molecule has 0 aliphatic carbocycles. The molecule has 1 saturated heterocycles. The molecule has 1 amide bonds. The van der Waals surface area contributed by atoms with Crippen molar-refractivity contribution in [3.63, 3.8) is 0 Å². The van der Waals surface area contributed by atoms with Crippen LogP contribution in [0.3, 0.4) is 0 Å². The quantitative estimate of drug-likeness (QED) is 0.722. The van der Waals surface area contributed by atoms with E-state index in [-0.39, 0.29) is 11.9 Å². The smallest absolute Gasteiger partial charge is 0.239 e. The van der Waals surface area contributed by atoms with Crippen molar-refractivity contribution in [3.05, 3.63) is 0 Å². The van der Waals surface area contributed by atoms with Crippen molar-refractivity contribution in [3.8, 4) is 0 Å². The molecule has 4 nitrogen and oxygen atoms in total. The molecular formula is C11H23N3O. The molecule has 0 aromatic heterocycles. The summed E-state index contributed by atoms with van der Waals surface area (Å²) < 4.78 is 0. The zero-order valence-corrected chi connectivity index (χ0v) is 10.3. The second kappa shape index (κ2) is 5.47. The van der Waals surface area contributed by atoms with Crippen LogP contribution in [0, 0.1) is 0 Å². The highest BCUT2D eigenvalue weighted by Gasteiger charge is 2.31. The van der Waals surface area contributed by atoms with E-state index in [2.05, 4.69) is 10.2 Å². The number of nitrogens with zero attached hydrogens (tertiary/aromatic N) is 2. The van der Waals surface area contributed by atoms with Crippen molar-refractivity contribution >= 4 is 5.91 Å². The van der Waals surface area contributed by atoms with Crippen LogP contribution in [0.4, 0.5) is 0 Å². The average molecular weight is 213 g/mol. The number of amides is 1. The molecule has 1 fully saturated rings. The van der Waals surface area contributed by atoms with E-state index in [1.54, 1.807) is 4.90 Å². The van der Waals surface area contributed by atoms with Crippen LogP contribution in [0.1, 0.15) is 19.8 Å². The summed E-state index contributed by atoms with van der Waals surface area (Å²) in [5.74, 6) is 0.206. The number of nitrogens with one attached hydrogen (secondary N) is 1. The molecule has 1 aliphatic rings. The third kappa shape index (κ3) is 2.92. The van der Waals surface area contributed by atoms with Gasteiger partial charge in [-0.15, -0.1) is 0 Å². The Morgan fingerprint density at radius 1 is 1.60 bits per heavy atom. The molecule has 0 aromatic carbocycles. The Hall–Kier alpha value is -0.610. The molecule has 1 rings (SSSR count). The van der Waals surface area contributed by atoms with Gasteiger partial charge in [-0.1, -0.05) is 0 Å². The number of carbonyl (C=O) groups is 1. The molecule has 2 atom stereocenters. The zero-order valence-electron chi connectivity index (χ0n) is 10.3. The molecule has 1 N–H and O–H groups in total. The van der Waals surface area contributed by atoms with Gasteiger partial charge in [0.05, 0.1) is 6.04 Å². The van der Waals surface area contributed by atoms with Gasteiger partial charge in [0.15, 0.2) is 0 Å². The molecule has 0 saturated carbocycles. The number of carbonyl (C=O) groups excluding carboxylic acids is 1. The first-order valence-corrected chi connectivity index (χ1v) is 5.69. The van der Waals surface area contributed by atoms with Crippen LogP contribution in [0.2, 0.25) is 0 Å². The highest BCUT2D eigenvalue weighted by molar-refractivity contribution is 5.81. The normalized spacial score (nSPS) is 24.1. The molecule has 1 aliphatic heterocycles. The minimum atomic E-state index is 0.0147. The Kier molecular flexibility index (Phi) is 4.54. The van der Waals surface area contributed by atoms with Crippen LogP contribution >= 0.6 is 0 Å². The summed E-state index contributed by atoms with van der Waals surface area (Å²) in [7, 11) is 5.61. The molecule has 4 heteroatoms. The van der Waals surface area contributed by atoms with Gasteiger partial charge in [0.25, 0.3) is 0 Å². The van der Waals surface area contributed by atoms with Crippen molar-refractivity contribution in [2.75, 3.05) is 34.2 Å². The van der Waals surface area contributed by atoms with Crippen molar-refractivity contribution in [2.45, 2.75) is 31.8 Å². The average Bonchev–Trinajstić information content (AvgIpc) is 2.64. The lowest BCUT2D eigenvalue weighted by molar-refractivity contribution is -0.134. The number of likely N-dealkylation sites (N-methyl/N-ethyl adjacent to an activating group) is 2. The van der Waals surface area contributed by atoms with Gasteiger partial charge in [-0.05, 0) is 33.4 Å². The van der Waals surface area contributed by atoms with E-state index in [1.165, 1.54) is 12.8 Å². The maximum absolute atomic E-state index is 11.8. The first-order chi connectivity index (χ1) is 7.07. The standard InChI is InChI=1S/C11H23N3O/c1-9(11(15)13(3)4)14-7-5-6-10(14)8-12-2/h9-10,12H,5-8H2,1-4H3. The molecule has 2 unspecified atom stereocenters. The van der Waals surface area contributed by atoms with Crippen molar-refractivity contribution in [1.29, 1.82) is 0 Å². The van der Waals surface area contributed by atoms with Crippen LogP contribution in [-0.2, 0) is 4.79 Å². The summed E-state index contributed by atoms with van der Waals surface area (Å²) in [5.41, 5.74) is 0. The lowest BCUT2D eigenvalue weighted by Crippen LogP contribution is -2.49. The molecule has 0 spiro atoms. The maximum Gasteiger partial charge on any atom is 0.239 e. The van der Waals surface area contributed by atoms with Gasteiger partial charge in [-0.2, -0.15) is 0 Å². The first kappa shape index (κ1) is 12.5. The van der Waals surface area contributed by atoms with Crippen LogP contribution in [0.5, 0.6) is 0 Å². The Bertz CT molecular complexity index is 218. The predicted octanol–water partition coefficient (Wildman–Crippen LogP) is 0.147. The van der Waals surface area contributed by atoms with E-state index >= 15 is 0 Å². The number of hydrogen-bond donors (Lipinski definition) is 1. The summed E-state index contributed by atoms with van der Waals surface area (Å²) in [6, 6.07) is 0.537. The minimum absolute atomic E-state index is 0.0147. The van der Waals surface area contributed by atoms with Crippen molar-refractivity contribution < 1.29 is 4.79 Å². The molecule has 0 radical (unpaired) electrons. The van der Waals surface area contributed by atoms with Gasteiger partial charge < -0.3 is 10.2 Å². The fourth-order valence-corrected chi connectivity index (χ4v) is 2.34. The molecule has 0 aromatic rings. The Morgan fingerprint density at radius 3 is 2.80 bits per heavy atom. The second-order valence-electron chi connectivity index (χ2n) is 4.50. The molecule has 1 heterocycles. The van der Waals surface area contributed by atoms with Gasteiger partial charge in [0, 0.05) is 26.7 Å². The van der Waals surface area contributed by atoms with Gasteiger partial charge in [-0.25, -0.2) is 0 Å². The fourth-order valence-electron chi connectivity index (χ4n) is 2.34. The molecular weight excluding hydrogens is 190 g/mol. The monoisotopic (exact) mass is 213 g/mol. The van der Waals surface area contributed by atoms with Crippen LogP contribution in [-0.4, -0.2) is 62.0 Å². The summed E-state index contributed by atoms with van der Waals surface area (Å²) >= 11 is 0. The summed E-state index contributed by atoms with van der Waals surface area (Å²) in [5, 5.41) is 3.20. The van der Waals surface area contributed by atoms with Gasteiger partial charge in [-0.3, -0.25) is 9.69 Å². The van der Waals surface area contributed by atoms with E-state index in [1.807, 2.05) is 28.1 Å².